The number of fused-ring (bicyclic) bond motifs is 1. The van der Waals surface area contributed by atoms with Gasteiger partial charge in [0.05, 0.1) is 23.5 Å². The van der Waals surface area contributed by atoms with Gasteiger partial charge in [0.2, 0.25) is 0 Å². The van der Waals surface area contributed by atoms with Crippen LogP contribution in [0.2, 0.25) is 0 Å². The maximum atomic E-state index is 11.9. The number of methoxy groups -OCH3 is 1. The normalized spacial score (nSPS) is 11.2. The molecule has 3 rings (SSSR count). The molecule has 1 heterocycles. The number of rotatable bonds is 6. The minimum atomic E-state index is -0.301. The van der Waals surface area contributed by atoms with Gasteiger partial charge in [0.15, 0.2) is 17.1 Å². The smallest absolute Gasteiger partial charge is 0.257 e. The van der Waals surface area contributed by atoms with E-state index in [-0.39, 0.29) is 17.4 Å². The number of nitrogens with one attached hydrogen (secondary N) is 1. The third-order valence-electron chi connectivity index (χ3n) is 3.25. The van der Waals surface area contributed by atoms with Gasteiger partial charge in [0.1, 0.15) is 5.52 Å². The first-order valence-electron chi connectivity index (χ1n) is 7.43. The topological polar surface area (TPSA) is 97.0 Å². The molecule has 1 amide bonds. The quantitative estimate of drug-likeness (QED) is 0.349. The van der Waals surface area contributed by atoms with Crippen molar-refractivity contribution in [2.75, 3.05) is 12.9 Å². The van der Waals surface area contributed by atoms with Gasteiger partial charge in [-0.05, 0) is 45.8 Å². The number of hydrazone groups is 1. The summed E-state index contributed by atoms with van der Waals surface area (Å²) >= 11 is 4.47. The number of amides is 1. The molecule has 7 nitrogen and oxygen atoms in total. The zero-order valence-electron chi connectivity index (χ0n) is 13.6. The molecule has 9 heteroatoms. The lowest BCUT2D eigenvalue weighted by Gasteiger charge is -2.06. The molecule has 3 aromatic rings. The van der Waals surface area contributed by atoms with Gasteiger partial charge in [-0.25, -0.2) is 10.4 Å². The van der Waals surface area contributed by atoms with Crippen molar-refractivity contribution in [1.82, 2.24) is 10.4 Å². The fourth-order valence-corrected chi connectivity index (χ4v) is 3.39. The fraction of sp³-hybridized carbons (Fsp3) is 0.118. The van der Waals surface area contributed by atoms with Crippen LogP contribution in [0.3, 0.4) is 0 Å². The molecular weight excluding hydrogens is 422 g/mol. The van der Waals surface area contributed by atoms with E-state index in [4.69, 9.17) is 9.15 Å². The predicted molar refractivity (Wildman–Crippen MR) is 103 cm³/mol. The van der Waals surface area contributed by atoms with E-state index in [1.165, 1.54) is 31.2 Å². The summed E-state index contributed by atoms with van der Waals surface area (Å²) in [5, 5.41) is 14.1. The van der Waals surface area contributed by atoms with Crippen molar-refractivity contribution in [2.45, 2.75) is 5.22 Å². The standard InChI is InChI=1S/C17H14BrN3O4S/c1-24-16-11(18)6-10(7-13(16)22)8-19-21-15(23)9-26-17-20-12-4-2-3-5-14(12)25-17/h2-8,22H,9H2,1H3,(H,21,23). The zero-order valence-corrected chi connectivity index (χ0v) is 16.0. The Balaban J connectivity index is 1.54. The zero-order chi connectivity index (χ0) is 18.5. The molecule has 2 aromatic carbocycles. The van der Waals surface area contributed by atoms with Gasteiger partial charge >= 0.3 is 0 Å². The molecule has 0 saturated carbocycles. The van der Waals surface area contributed by atoms with Gasteiger partial charge in [-0.1, -0.05) is 23.9 Å². The van der Waals surface area contributed by atoms with Gasteiger partial charge in [-0.3, -0.25) is 4.79 Å². The van der Waals surface area contributed by atoms with E-state index in [1.807, 2.05) is 24.3 Å². The summed E-state index contributed by atoms with van der Waals surface area (Å²) in [5.41, 5.74) is 4.44. The number of phenolic OH excluding ortho intramolecular Hbond substituents is 1. The monoisotopic (exact) mass is 435 g/mol. The number of thioether (sulfide) groups is 1. The van der Waals surface area contributed by atoms with Crippen molar-refractivity contribution in [3.8, 4) is 11.5 Å². The average Bonchev–Trinajstić information content (AvgIpc) is 3.03. The molecule has 0 fully saturated rings. The molecule has 0 saturated heterocycles. The highest BCUT2D eigenvalue weighted by atomic mass is 79.9. The molecule has 0 spiro atoms. The molecule has 0 aliphatic rings. The average molecular weight is 436 g/mol. The summed E-state index contributed by atoms with van der Waals surface area (Å²) in [4.78, 5) is 16.1. The van der Waals surface area contributed by atoms with Gasteiger partial charge in [0, 0.05) is 0 Å². The molecule has 1 aromatic heterocycles. The number of hydrogen-bond donors (Lipinski definition) is 2. The highest BCUT2D eigenvalue weighted by Gasteiger charge is 2.09. The largest absolute Gasteiger partial charge is 0.504 e. The van der Waals surface area contributed by atoms with E-state index >= 15 is 0 Å². The first-order chi connectivity index (χ1) is 12.6. The second-order valence-electron chi connectivity index (χ2n) is 5.08. The number of phenols is 1. The van der Waals surface area contributed by atoms with Gasteiger partial charge in [0.25, 0.3) is 11.1 Å². The molecule has 0 aliphatic heterocycles. The summed E-state index contributed by atoms with van der Waals surface area (Å²) in [7, 11) is 1.46. The van der Waals surface area contributed by atoms with E-state index in [1.54, 1.807) is 6.07 Å². The predicted octanol–water partition coefficient (Wildman–Crippen LogP) is 3.55. The van der Waals surface area contributed by atoms with Crippen LogP contribution in [-0.2, 0) is 4.79 Å². The highest BCUT2D eigenvalue weighted by molar-refractivity contribution is 9.10. The Morgan fingerprint density at radius 1 is 1.46 bits per heavy atom. The van der Waals surface area contributed by atoms with E-state index in [9.17, 15) is 9.90 Å². The van der Waals surface area contributed by atoms with Crippen LogP contribution in [-0.4, -0.2) is 35.1 Å². The fourth-order valence-electron chi connectivity index (χ4n) is 2.13. The van der Waals surface area contributed by atoms with E-state index in [0.29, 0.717) is 26.6 Å². The lowest BCUT2D eigenvalue weighted by Crippen LogP contribution is -2.19. The summed E-state index contributed by atoms with van der Waals surface area (Å²) in [6, 6.07) is 10.6. The summed E-state index contributed by atoms with van der Waals surface area (Å²) < 4.78 is 11.2. The summed E-state index contributed by atoms with van der Waals surface area (Å²) in [6.07, 6.45) is 1.42. The number of ether oxygens (including phenoxy) is 1. The SMILES string of the molecule is COc1c(O)cc(C=NNC(=O)CSc2nc3ccccc3o2)cc1Br. The van der Waals surface area contributed by atoms with Crippen molar-refractivity contribution < 1.29 is 19.1 Å². The van der Waals surface area contributed by atoms with Crippen molar-refractivity contribution >= 4 is 50.9 Å². The van der Waals surface area contributed by atoms with Gasteiger partial charge in [-0.15, -0.1) is 0 Å². The maximum Gasteiger partial charge on any atom is 0.257 e. The number of hydrogen-bond acceptors (Lipinski definition) is 7. The van der Waals surface area contributed by atoms with Crippen molar-refractivity contribution in [2.24, 2.45) is 5.10 Å². The second-order valence-corrected chi connectivity index (χ2v) is 6.87. The van der Waals surface area contributed by atoms with Gasteiger partial charge < -0.3 is 14.3 Å². The Hall–Kier alpha value is -2.52. The molecule has 26 heavy (non-hydrogen) atoms. The number of aromatic hydroxyl groups is 1. The Bertz CT molecular complexity index is 918. The highest BCUT2D eigenvalue weighted by Crippen LogP contribution is 2.34. The number of carbonyl (C=O) groups is 1. The van der Waals surface area contributed by atoms with Crippen LogP contribution in [0, 0.1) is 0 Å². The van der Waals surface area contributed by atoms with Crippen molar-refractivity contribution in [1.29, 1.82) is 0 Å². The van der Waals surface area contributed by atoms with Crippen LogP contribution in [0.1, 0.15) is 5.56 Å². The van der Waals surface area contributed by atoms with E-state index in [2.05, 4.69) is 31.4 Å². The van der Waals surface area contributed by atoms with Crippen molar-refractivity contribution in [3.05, 3.63) is 46.4 Å². The van der Waals surface area contributed by atoms with Crippen molar-refractivity contribution in [3.63, 3.8) is 0 Å². The Morgan fingerprint density at radius 3 is 3.00 bits per heavy atom. The number of benzene rings is 2. The van der Waals surface area contributed by atoms with Crippen LogP contribution in [0.25, 0.3) is 11.1 Å². The molecular formula is C17H14BrN3O4S. The molecule has 2 N–H and O–H groups in total. The third-order valence-corrected chi connectivity index (χ3v) is 4.67. The molecule has 0 bridgehead atoms. The van der Waals surface area contributed by atoms with E-state index < -0.39 is 0 Å². The first kappa shape index (κ1) is 18.3. The number of carbonyl (C=O) groups excluding carboxylic acids is 1. The number of para-hydroxylation sites is 2. The maximum absolute atomic E-state index is 11.9. The van der Waals surface area contributed by atoms with Crippen LogP contribution in [0.4, 0.5) is 0 Å². The number of halogens is 1. The first-order valence-corrected chi connectivity index (χ1v) is 9.21. The Kier molecular flexibility index (Phi) is 5.79. The Morgan fingerprint density at radius 2 is 2.27 bits per heavy atom. The van der Waals surface area contributed by atoms with Crippen LogP contribution in [0.15, 0.2) is 55.6 Å². The van der Waals surface area contributed by atoms with Gasteiger partial charge in [-0.2, -0.15) is 5.10 Å². The summed E-state index contributed by atoms with van der Waals surface area (Å²) in [5.74, 6) is 0.120. The Labute approximate surface area is 161 Å². The molecule has 0 atom stereocenters. The number of oxazole rings is 1. The molecule has 0 aliphatic carbocycles. The van der Waals surface area contributed by atoms with Crippen LogP contribution < -0.4 is 10.2 Å². The lowest BCUT2D eigenvalue weighted by molar-refractivity contribution is -0.118. The minimum Gasteiger partial charge on any atom is -0.504 e. The number of nitrogens with zero attached hydrogens (tertiary/aromatic N) is 2. The molecule has 0 radical (unpaired) electrons. The number of aromatic nitrogens is 1. The second kappa shape index (κ2) is 8.24. The van der Waals surface area contributed by atoms with Crippen LogP contribution >= 0.6 is 27.7 Å². The molecule has 134 valence electrons. The van der Waals surface area contributed by atoms with Crippen LogP contribution in [0.5, 0.6) is 11.5 Å². The minimum absolute atomic E-state index is 0.0267. The third kappa shape index (κ3) is 4.36. The lowest BCUT2D eigenvalue weighted by atomic mass is 10.2. The molecule has 0 unspecified atom stereocenters. The van der Waals surface area contributed by atoms with E-state index in [0.717, 1.165) is 5.52 Å². The summed E-state index contributed by atoms with van der Waals surface area (Å²) in [6.45, 7) is 0.